The van der Waals surface area contributed by atoms with Gasteiger partial charge in [-0.2, -0.15) is 0 Å². The van der Waals surface area contributed by atoms with Crippen molar-refractivity contribution in [3.8, 4) is 10.6 Å². The molecule has 120 valence electrons. The number of nitrogens with two attached hydrogens (primary N) is 1. The zero-order valence-electron chi connectivity index (χ0n) is 13.2. The Labute approximate surface area is 143 Å². The number of hydrogen-bond acceptors (Lipinski definition) is 4. The van der Waals surface area contributed by atoms with Gasteiger partial charge in [0.05, 0.1) is 0 Å². The number of likely N-dealkylation sites (tertiary alicyclic amines) is 1. The first-order chi connectivity index (χ1) is 10.1. The second kappa shape index (κ2) is 7.09. The van der Waals surface area contributed by atoms with Crippen LogP contribution < -0.4 is 5.73 Å². The lowest BCUT2D eigenvalue weighted by Gasteiger charge is -2.22. The molecule has 22 heavy (non-hydrogen) atoms. The molecule has 1 saturated heterocycles. The van der Waals surface area contributed by atoms with Crippen LogP contribution in [0.3, 0.4) is 0 Å². The second-order valence-corrected chi connectivity index (χ2v) is 7.59. The molecule has 1 atom stereocenters. The van der Waals surface area contributed by atoms with Crippen LogP contribution in [0, 0.1) is 12.3 Å². The van der Waals surface area contributed by atoms with Crippen molar-refractivity contribution in [2.75, 3.05) is 19.6 Å². The van der Waals surface area contributed by atoms with Crippen LogP contribution >= 0.6 is 23.7 Å². The van der Waals surface area contributed by atoms with Gasteiger partial charge in [0.1, 0.15) is 5.01 Å². The normalized spacial score (nSPS) is 21.8. The number of thiazole rings is 1. The first kappa shape index (κ1) is 17.4. The first-order valence-electron chi connectivity index (χ1n) is 7.52. The van der Waals surface area contributed by atoms with E-state index in [9.17, 15) is 0 Å². The molecule has 2 heterocycles. The zero-order valence-corrected chi connectivity index (χ0v) is 14.8. The average molecular weight is 338 g/mol. The van der Waals surface area contributed by atoms with Crippen LogP contribution in [0.5, 0.6) is 0 Å². The lowest BCUT2D eigenvalue weighted by molar-refractivity contribution is 0.276. The Morgan fingerprint density at radius 2 is 2.05 bits per heavy atom. The van der Waals surface area contributed by atoms with Crippen LogP contribution in [-0.4, -0.2) is 29.5 Å². The van der Waals surface area contributed by atoms with Gasteiger partial charge in [-0.15, -0.1) is 23.7 Å². The van der Waals surface area contributed by atoms with E-state index >= 15 is 0 Å². The molecule has 1 aromatic carbocycles. The fraction of sp³-hybridized carbons (Fsp3) is 0.471. The highest BCUT2D eigenvalue weighted by Crippen LogP contribution is 2.31. The summed E-state index contributed by atoms with van der Waals surface area (Å²) < 4.78 is 0. The van der Waals surface area contributed by atoms with Gasteiger partial charge < -0.3 is 5.73 Å². The number of rotatable bonds is 4. The Morgan fingerprint density at radius 1 is 1.32 bits per heavy atom. The third-order valence-corrected chi connectivity index (χ3v) is 5.39. The van der Waals surface area contributed by atoms with Gasteiger partial charge in [-0.3, -0.25) is 4.90 Å². The van der Waals surface area contributed by atoms with Crippen molar-refractivity contribution in [3.63, 3.8) is 0 Å². The van der Waals surface area contributed by atoms with Crippen LogP contribution in [0.4, 0.5) is 0 Å². The van der Waals surface area contributed by atoms with E-state index in [4.69, 9.17) is 5.73 Å². The average Bonchev–Trinajstić information content (AvgIpc) is 3.08. The maximum absolute atomic E-state index is 5.88. The van der Waals surface area contributed by atoms with E-state index in [1.54, 1.807) is 11.3 Å². The molecule has 1 aliphatic heterocycles. The summed E-state index contributed by atoms with van der Waals surface area (Å²) in [6.45, 7) is 8.42. The van der Waals surface area contributed by atoms with Crippen molar-refractivity contribution in [3.05, 3.63) is 40.9 Å². The van der Waals surface area contributed by atoms with Gasteiger partial charge in [0, 0.05) is 29.7 Å². The van der Waals surface area contributed by atoms with Crippen LogP contribution in [0.25, 0.3) is 10.6 Å². The summed E-state index contributed by atoms with van der Waals surface area (Å²) in [5.41, 5.74) is 8.67. The van der Waals surface area contributed by atoms with E-state index < -0.39 is 0 Å². The molecule has 1 unspecified atom stereocenters. The van der Waals surface area contributed by atoms with Crippen molar-refractivity contribution in [1.29, 1.82) is 0 Å². The molecule has 1 aromatic heterocycles. The molecule has 2 aromatic rings. The van der Waals surface area contributed by atoms with Gasteiger partial charge in [-0.25, -0.2) is 4.98 Å². The smallest absolute Gasteiger partial charge is 0.123 e. The van der Waals surface area contributed by atoms with E-state index in [0.717, 1.165) is 31.2 Å². The van der Waals surface area contributed by atoms with E-state index in [2.05, 4.69) is 48.0 Å². The molecule has 0 aliphatic carbocycles. The maximum Gasteiger partial charge on any atom is 0.123 e. The lowest BCUT2D eigenvalue weighted by Crippen LogP contribution is -2.30. The quantitative estimate of drug-likeness (QED) is 0.924. The zero-order chi connectivity index (χ0) is 14.9. The summed E-state index contributed by atoms with van der Waals surface area (Å²) in [7, 11) is 0. The minimum atomic E-state index is 0. The van der Waals surface area contributed by atoms with Gasteiger partial charge in [-0.05, 0) is 31.8 Å². The third kappa shape index (κ3) is 3.87. The molecule has 3 nitrogen and oxygen atoms in total. The van der Waals surface area contributed by atoms with E-state index in [1.807, 2.05) is 6.20 Å². The van der Waals surface area contributed by atoms with Gasteiger partial charge in [0.25, 0.3) is 0 Å². The van der Waals surface area contributed by atoms with Crippen molar-refractivity contribution in [2.45, 2.75) is 26.8 Å². The van der Waals surface area contributed by atoms with E-state index in [1.165, 1.54) is 22.4 Å². The highest BCUT2D eigenvalue weighted by molar-refractivity contribution is 7.15. The van der Waals surface area contributed by atoms with Gasteiger partial charge in [0.15, 0.2) is 0 Å². The molecule has 5 heteroatoms. The number of halogens is 1. The molecule has 1 aliphatic rings. The predicted octanol–water partition coefficient (Wildman–Crippen LogP) is 3.71. The minimum absolute atomic E-state index is 0. The van der Waals surface area contributed by atoms with Crippen LogP contribution in [0.15, 0.2) is 30.5 Å². The molecular weight excluding hydrogens is 314 g/mol. The number of hydrogen-bond donors (Lipinski definition) is 1. The van der Waals surface area contributed by atoms with Crippen molar-refractivity contribution in [1.82, 2.24) is 9.88 Å². The maximum atomic E-state index is 5.88. The molecule has 0 spiro atoms. The molecule has 2 N–H and O–H groups in total. The van der Waals surface area contributed by atoms with Crippen LogP contribution in [0.2, 0.25) is 0 Å². The summed E-state index contributed by atoms with van der Waals surface area (Å²) in [4.78, 5) is 8.42. The molecule has 0 saturated carbocycles. The summed E-state index contributed by atoms with van der Waals surface area (Å²) in [6, 6.07) is 8.59. The van der Waals surface area contributed by atoms with Crippen molar-refractivity contribution >= 4 is 23.7 Å². The standard InChI is InChI=1S/C17H23N3S.ClH/c1-13-3-5-14(6-4-13)16-19-9-15(21-16)10-20-8-7-17(2,11-18)12-20;/h3-6,9H,7-8,10-12,18H2,1-2H3;1H. The lowest BCUT2D eigenvalue weighted by atomic mass is 9.90. The molecule has 0 amide bonds. The summed E-state index contributed by atoms with van der Waals surface area (Å²) in [5, 5.41) is 1.12. The third-order valence-electron chi connectivity index (χ3n) is 4.36. The van der Waals surface area contributed by atoms with Gasteiger partial charge >= 0.3 is 0 Å². The highest BCUT2D eigenvalue weighted by atomic mass is 35.5. The van der Waals surface area contributed by atoms with Crippen molar-refractivity contribution < 1.29 is 0 Å². The van der Waals surface area contributed by atoms with Crippen molar-refractivity contribution in [2.24, 2.45) is 11.1 Å². The second-order valence-electron chi connectivity index (χ2n) is 6.47. The molecular formula is C17H24ClN3S. The molecule has 0 bridgehead atoms. The number of nitrogens with zero attached hydrogens (tertiary/aromatic N) is 2. The summed E-state index contributed by atoms with van der Waals surface area (Å²) in [5.74, 6) is 0. The van der Waals surface area contributed by atoms with E-state index in [-0.39, 0.29) is 12.4 Å². The Kier molecular flexibility index (Phi) is 5.61. The Balaban J connectivity index is 0.00000176. The van der Waals surface area contributed by atoms with E-state index in [0.29, 0.717) is 5.41 Å². The topological polar surface area (TPSA) is 42.2 Å². The Hall–Kier alpha value is -0.940. The predicted molar refractivity (Wildman–Crippen MR) is 96.6 cm³/mol. The number of aromatic nitrogens is 1. The Morgan fingerprint density at radius 3 is 2.68 bits per heavy atom. The van der Waals surface area contributed by atoms with Crippen LogP contribution in [0.1, 0.15) is 23.8 Å². The Bertz CT molecular complexity index is 611. The summed E-state index contributed by atoms with van der Waals surface area (Å²) >= 11 is 1.80. The highest BCUT2D eigenvalue weighted by Gasteiger charge is 2.32. The fourth-order valence-corrected chi connectivity index (χ4v) is 3.82. The first-order valence-corrected chi connectivity index (χ1v) is 8.34. The number of aryl methyl sites for hydroxylation is 1. The number of benzene rings is 1. The van der Waals surface area contributed by atoms with Crippen LogP contribution in [-0.2, 0) is 6.54 Å². The molecule has 3 rings (SSSR count). The van der Waals surface area contributed by atoms with Gasteiger partial charge in [-0.1, -0.05) is 36.8 Å². The summed E-state index contributed by atoms with van der Waals surface area (Å²) in [6.07, 6.45) is 3.23. The molecule has 1 fully saturated rings. The monoisotopic (exact) mass is 337 g/mol. The largest absolute Gasteiger partial charge is 0.330 e. The fourth-order valence-electron chi connectivity index (χ4n) is 2.86. The minimum Gasteiger partial charge on any atom is -0.330 e. The van der Waals surface area contributed by atoms with Gasteiger partial charge in [0.2, 0.25) is 0 Å². The SMILES string of the molecule is Cc1ccc(-c2ncc(CN3CCC(C)(CN)C3)s2)cc1.Cl. The molecule has 0 radical (unpaired) electrons.